The Morgan fingerprint density at radius 1 is 1.21 bits per heavy atom. The minimum Gasteiger partial charge on any atom is -0.385 e. The van der Waals surface area contributed by atoms with Gasteiger partial charge >= 0.3 is 0 Å². The smallest absolute Gasteiger partial charge is 0.242 e. The van der Waals surface area contributed by atoms with Gasteiger partial charge in [0, 0.05) is 39.8 Å². The molecule has 1 rings (SSSR count). The second-order valence-corrected chi connectivity index (χ2v) is 6.31. The number of carbonyl (C=O) groups excluding carboxylic acids is 1. The van der Waals surface area contributed by atoms with E-state index in [1.807, 2.05) is 0 Å². The minimum atomic E-state index is -3.39. The van der Waals surface area contributed by atoms with E-state index in [1.165, 1.54) is 30.5 Å². The maximum absolute atomic E-state index is 11.8. The summed E-state index contributed by atoms with van der Waals surface area (Å²) in [4.78, 5) is 11.3. The molecule has 0 saturated carbocycles. The van der Waals surface area contributed by atoms with Crippen LogP contribution in [0.2, 0.25) is 0 Å². The molecule has 1 amide bonds. The SMILES string of the molecule is CNC(=O)CCNc1ccc(S(=O)(=O)N(C)C)cc1. The van der Waals surface area contributed by atoms with Crippen LogP contribution in [0, 0.1) is 0 Å². The standard InChI is InChI=1S/C12H19N3O3S/c1-13-12(16)8-9-14-10-4-6-11(7-5-10)19(17,18)15(2)3/h4-7,14H,8-9H2,1-3H3,(H,13,16). The molecular formula is C12H19N3O3S. The molecule has 0 aliphatic rings. The first-order valence-electron chi connectivity index (χ1n) is 5.85. The van der Waals surface area contributed by atoms with Crippen LogP contribution in [-0.2, 0) is 14.8 Å². The van der Waals surface area contributed by atoms with Crippen molar-refractivity contribution in [3.05, 3.63) is 24.3 Å². The van der Waals surface area contributed by atoms with E-state index in [2.05, 4.69) is 10.6 Å². The highest BCUT2D eigenvalue weighted by Crippen LogP contribution is 2.16. The highest BCUT2D eigenvalue weighted by Gasteiger charge is 2.16. The molecule has 0 heterocycles. The second kappa shape index (κ2) is 6.53. The van der Waals surface area contributed by atoms with Crippen LogP contribution in [0.3, 0.4) is 0 Å². The maximum atomic E-state index is 11.8. The van der Waals surface area contributed by atoms with E-state index in [-0.39, 0.29) is 10.8 Å². The summed E-state index contributed by atoms with van der Waals surface area (Å²) in [6, 6.07) is 6.44. The molecule has 0 fully saturated rings. The van der Waals surface area contributed by atoms with Crippen LogP contribution >= 0.6 is 0 Å². The molecule has 0 spiro atoms. The van der Waals surface area contributed by atoms with Crippen LogP contribution in [0.4, 0.5) is 5.69 Å². The zero-order valence-corrected chi connectivity index (χ0v) is 12.1. The summed E-state index contributed by atoms with van der Waals surface area (Å²) in [6.45, 7) is 0.499. The Morgan fingerprint density at radius 3 is 2.26 bits per heavy atom. The van der Waals surface area contributed by atoms with Gasteiger partial charge in [-0.1, -0.05) is 0 Å². The highest BCUT2D eigenvalue weighted by atomic mass is 32.2. The van der Waals surface area contributed by atoms with E-state index in [1.54, 1.807) is 19.2 Å². The fourth-order valence-corrected chi connectivity index (χ4v) is 2.30. The molecule has 0 aliphatic heterocycles. The van der Waals surface area contributed by atoms with Gasteiger partial charge in [0.1, 0.15) is 0 Å². The van der Waals surface area contributed by atoms with Gasteiger partial charge in [0.05, 0.1) is 4.90 Å². The summed E-state index contributed by atoms with van der Waals surface area (Å²) in [5, 5.41) is 5.58. The first-order chi connectivity index (χ1) is 8.87. The average Bonchev–Trinajstić information content (AvgIpc) is 2.39. The van der Waals surface area contributed by atoms with Gasteiger partial charge in [0.15, 0.2) is 0 Å². The molecule has 0 radical (unpaired) electrons. The number of amides is 1. The summed E-state index contributed by atoms with van der Waals surface area (Å²) >= 11 is 0. The van der Waals surface area contributed by atoms with Crippen molar-refractivity contribution in [1.82, 2.24) is 9.62 Å². The third kappa shape index (κ3) is 4.22. The normalized spacial score (nSPS) is 11.4. The van der Waals surface area contributed by atoms with Gasteiger partial charge in [-0.05, 0) is 24.3 Å². The first-order valence-corrected chi connectivity index (χ1v) is 7.29. The average molecular weight is 285 g/mol. The first kappa shape index (κ1) is 15.5. The van der Waals surface area contributed by atoms with Gasteiger partial charge in [0.25, 0.3) is 0 Å². The number of sulfonamides is 1. The zero-order chi connectivity index (χ0) is 14.5. The third-order valence-corrected chi connectivity index (χ3v) is 4.42. The molecule has 0 aromatic heterocycles. The van der Waals surface area contributed by atoms with Gasteiger partial charge in [0.2, 0.25) is 15.9 Å². The number of carbonyl (C=O) groups is 1. The van der Waals surface area contributed by atoms with E-state index in [4.69, 9.17) is 0 Å². The summed E-state index contributed by atoms with van der Waals surface area (Å²) in [7, 11) is 1.18. The highest BCUT2D eigenvalue weighted by molar-refractivity contribution is 7.89. The van der Waals surface area contributed by atoms with Crippen molar-refractivity contribution in [2.75, 3.05) is 33.0 Å². The fraction of sp³-hybridized carbons (Fsp3) is 0.417. The van der Waals surface area contributed by atoms with E-state index in [0.717, 1.165) is 5.69 Å². The van der Waals surface area contributed by atoms with Crippen molar-refractivity contribution in [2.45, 2.75) is 11.3 Å². The Hall–Kier alpha value is -1.60. The van der Waals surface area contributed by atoms with E-state index in [0.29, 0.717) is 13.0 Å². The van der Waals surface area contributed by atoms with Crippen LogP contribution in [0.1, 0.15) is 6.42 Å². The van der Waals surface area contributed by atoms with Crippen LogP contribution in [0.25, 0.3) is 0 Å². The number of nitrogens with one attached hydrogen (secondary N) is 2. The van der Waals surface area contributed by atoms with Crippen molar-refractivity contribution in [1.29, 1.82) is 0 Å². The molecule has 0 aliphatic carbocycles. The number of anilines is 1. The lowest BCUT2D eigenvalue weighted by molar-refractivity contribution is -0.120. The lowest BCUT2D eigenvalue weighted by Gasteiger charge is -2.12. The molecule has 6 nitrogen and oxygen atoms in total. The summed E-state index contributed by atoms with van der Waals surface area (Å²) in [6.07, 6.45) is 0.369. The van der Waals surface area contributed by atoms with Crippen molar-refractivity contribution in [3.63, 3.8) is 0 Å². The molecular weight excluding hydrogens is 266 g/mol. The molecule has 7 heteroatoms. The van der Waals surface area contributed by atoms with Crippen molar-refractivity contribution in [3.8, 4) is 0 Å². The summed E-state index contributed by atoms with van der Waals surface area (Å²) < 4.78 is 24.8. The van der Waals surface area contributed by atoms with Crippen LogP contribution in [-0.4, -0.2) is 46.3 Å². The van der Waals surface area contributed by atoms with Crippen molar-refractivity contribution < 1.29 is 13.2 Å². The molecule has 1 aromatic carbocycles. The van der Waals surface area contributed by atoms with Crippen molar-refractivity contribution >= 4 is 21.6 Å². The maximum Gasteiger partial charge on any atom is 0.242 e. The largest absolute Gasteiger partial charge is 0.385 e. The lowest BCUT2D eigenvalue weighted by atomic mass is 10.3. The Morgan fingerprint density at radius 2 is 1.79 bits per heavy atom. The molecule has 0 bridgehead atoms. The van der Waals surface area contributed by atoms with Gasteiger partial charge in [-0.2, -0.15) is 0 Å². The Kier molecular flexibility index (Phi) is 5.31. The van der Waals surface area contributed by atoms with Crippen LogP contribution < -0.4 is 10.6 Å². The number of nitrogens with zero attached hydrogens (tertiary/aromatic N) is 1. The van der Waals surface area contributed by atoms with E-state index >= 15 is 0 Å². The second-order valence-electron chi connectivity index (χ2n) is 4.16. The van der Waals surface area contributed by atoms with E-state index < -0.39 is 10.0 Å². The van der Waals surface area contributed by atoms with Crippen LogP contribution in [0.5, 0.6) is 0 Å². The molecule has 106 valence electrons. The Bertz CT molecular complexity index is 524. The fourth-order valence-electron chi connectivity index (χ4n) is 1.40. The lowest BCUT2D eigenvalue weighted by Crippen LogP contribution is -2.22. The van der Waals surface area contributed by atoms with Gasteiger partial charge in [-0.25, -0.2) is 12.7 Å². The predicted molar refractivity (Wildman–Crippen MR) is 74.5 cm³/mol. The molecule has 19 heavy (non-hydrogen) atoms. The molecule has 0 saturated heterocycles. The van der Waals surface area contributed by atoms with Gasteiger partial charge in [-0.3, -0.25) is 4.79 Å². The topological polar surface area (TPSA) is 78.5 Å². The van der Waals surface area contributed by atoms with Gasteiger partial charge in [-0.15, -0.1) is 0 Å². The van der Waals surface area contributed by atoms with E-state index in [9.17, 15) is 13.2 Å². The zero-order valence-electron chi connectivity index (χ0n) is 11.3. The number of hydrogen-bond donors (Lipinski definition) is 2. The third-order valence-electron chi connectivity index (χ3n) is 2.59. The molecule has 0 unspecified atom stereocenters. The van der Waals surface area contributed by atoms with Gasteiger partial charge < -0.3 is 10.6 Å². The Labute approximate surface area is 113 Å². The monoisotopic (exact) mass is 285 g/mol. The number of rotatable bonds is 6. The number of hydrogen-bond acceptors (Lipinski definition) is 4. The summed E-state index contributed by atoms with van der Waals surface area (Å²) in [5.41, 5.74) is 0.779. The molecule has 2 N–H and O–H groups in total. The quantitative estimate of drug-likeness (QED) is 0.797. The molecule has 0 atom stereocenters. The minimum absolute atomic E-state index is 0.0423. The molecule has 1 aromatic rings. The van der Waals surface area contributed by atoms with Crippen molar-refractivity contribution in [2.24, 2.45) is 0 Å². The van der Waals surface area contributed by atoms with Crippen LogP contribution in [0.15, 0.2) is 29.2 Å². The summed E-state index contributed by atoms with van der Waals surface area (Å²) in [5.74, 6) is -0.0423. The Balaban J connectivity index is 2.65. The number of benzene rings is 1. The predicted octanol–water partition coefficient (Wildman–Crippen LogP) is 0.485.